The number of carbonyl (C=O) groups excluding carboxylic acids is 1. The smallest absolute Gasteiger partial charge is 0.260 e. The van der Waals surface area contributed by atoms with E-state index in [1.54, 1.807) is 30.3 Å². The molecule has 11 heteroatoms. The lowest BCUT2D eigenvalue weighted by Crippen LogP contribution is -2.39. The number of hydrogen-bond donors (Lipinski definition) is 2. The number of amides is 1. The fourth-order valence-corrected chi connectivity index (χ4v) is 4.15. The fraction of sp³-hybridized carbons (Fsp3) is 0.176. The van der Waals surface area contributed by atoms with Gasteiger partial charge in [0.15, 0.2) is 11.5 Å². The summed E-state index contributed by atoms with van der Waals surface area (Å²) in [4.78, 5) is 12.2. The van der Waals surface area contributed by atoms with E-state index in [9.17, 15) is 18.3 Å². The first-order chi connectivity index (χ1) is 13.1. The highest BCUT2D eigenvalue weighted by molar-refractivity contribution is 9.11. The van der Waals surface area contributed by atoms with E-state index >= 15 is 0 Å². The number of ether oxygens (including phenoxy) is 1. The van der Waals surface area contributed by atoms with Crippen LogP contribution in [0.1, 0.15) is 5.56 Å². The lowest BCUT2D eigenvalue weighted by Gasteiger charge is -2.22. The molecule has 8 nitrogen and oxygen atoms in total. The highest BCUT2D eigenvalue weighted by atomic mass is 79.9. The highest BCUT2D eigenvalue weighted by Gasteiger charge is 2.22. The third kappa shape index (κ3) is 5.69. The third-order valence-electron chi connectivity index (χ3n) is 3.48. The van der Waals surface area contributed by atoms with Gasteiger partial charge in [-0.15, -0.1) is 0 Å². The predicted octanol–water partition coefficient (Wildman–Crippen LogP) is 2.84. The van der Waals surface area contributed by atoms with Gasteiger partial charge in [0.25, 0.3) is 5.91 Å². The van der Waals surface area contributed by atoms with Gasteiger partial charge in [-0.1, -0.05) is 12.1 Å². The van der Waals surface area contributed by atoms with Gasteiger partial charge < -0.3 is 9.84 Å². The van der Waals surface area contributed by atoms with Gasteiger partial charge in [0.05, 0.1) is 29.7 Å². The van der Waals surface area contributed by atoms with Crippen LogP contribution in [0.4, 0.5) is 5.69 Å². The summed E-state index contributed by atoms with van der Waals surface area (Å²) in [6.07, 6.45) is 2.36. The zero-order valence-corrected chi connectivity index (χ0v) is 18.9. The van der Waals surface area contributed by atoms with Crippen molar-refractivity contribution in [2.24, 2.45) is 5.10 Å². The first-order valence-corrected chi connectivity index (χ1v) is 11.2. The molecule has 0 radical (unpaired) electrons. The molecule has 0 unspecified atom stereocenters. The van der Waals surface area contributed by atoms with E-state index < -0.39 is 22.5 Å². The molecular formula is C17H17Br2N3O5S. The van der Waals surface area contributed by atoms with Crippen molar-refractivity contribution in [2.45, 2.75) is 0 Å². The number of benzene rings is 2. The van der Waals surface area contributed by atoms with Gasteiger partial charge in [-0.2, -0.15) is 5.10 Å². The van der Waals surface area contributed by atoms with Crippen LogP contribution in [0.3, 0.4) is 0 Å². The zero-order valence-electron chi connectivity index (χ0n) is 14.9. The standard InChI is InChI=1S/C17H17Br2N3O5S/c1-27-15-8-11(7-13(19)17(15)24)9-20-21-16(23)10-22(28(2,25)26)14-6-4-3-5-12(14)18/h3-9,24H,10H2,1-2H3,(H,21,23)/b20-9-. The minimum atomic E-state index is -3.69. The Balaban J connectivity index is 2.13. The Morgan fingerprint density at radius 3 is 2.57 bits per heavy atom. The molecular weight excluding hydrogens is 518 g/mol. The number of rotatable bonds is 7. The number of nitrogens with one attached hydrogen (secondary N) is 1. The van der Waals surface area contributed by atoms with Crippen molar-refractivity contribution >= 4 is 59.7 Å². The molecule has 2 N–H and O–H groups in total. The van der Waals surface area contributed by atoms with Gasteiger partial charge in [0.2, 0.25) is 10.0 Å². The Kier molecular flexibility index (Phi) is 7.44. The van der Waals surface area contributed by atoms with Gasteiger partial charge in [-0.3, -0.25) is 9.10 Å². The summed E-state index contributed by atoms with van der Waals surface area (Å²) < 4.78 is 31.1. The summed E-state index contributed by atoms with van der Waals surface area (Å²) in [5.41, 5.74) is 3.18. The van der Waals surface area contributed by atoms with Crippen molar-refractivity contribution in [1.82, 2.24) is 5.43 Å². The number of hydrogen-bond acceptors (Lipinski definition) is 6. The van der Waals surface area contributed by atoms with Crippen molar-refractivity contribution in [1.29, 1.82) is 0 Å². The number of nitrogens with zero attached hydrogens (tertiary/aromatic N) is 2. The lowest BCUT2D eigenvalue weighted by molar-refractivity contribution is -0.119. The molecule has 2 rings (SSSR count). The number of sulfonamides is 1. The van der Waals surface area contributed by atoms with Crippen LogP contribution in [0.25, 0.3) is 0 Å². The summed E-state index contributed by atoms with van der Waals surface area (Å²) in [6, 6.07) is 9.78. The Morgan fingerprint density at radius 1 is 1.29 bits per heavy atom. The first kappa shape index (κ1) is 22.2. The summed E-state index contributed by atoms with van der Waals surface area (Å²) in [7, 11) is -2.28. The maximum atomic E-state index is 12.2. The molecule has 0 fully saturated rings. The molecule has 2 aromatic rings. The third-order valence-corrected chi connectivity index (χ3v) is 5.88. The Bertz CT molecular complexity index is 1010. The van der Waals surface area contributed by atoms with Gasteiger partial charge >= 0.3 is 0 Å². The van der Waals surface area contributed by atoms with Crippen molar-refractivity contribution < 1.29 is 23.1 Å². The minimum Gasteiger partial charge on any atom is -0.503 e. The van der Waals surface area contributed by atoms with E-state index in [1.165, 1.54) is 19.4 Å². The maximum Gasteiger partial charge on any atom is 0.260 e. The van der Waals surface area contributed by atoms with E-state index in [0.29, 0.717) is 20.2 Å². The van der Waals surface area contributed by atoms with E-state index in [-0.39, 0.29) is 11.5 Å². The molecule has 1 amide bonds. The van der Waals surface area contributed by atoms with Crippen molar-refractivity contribution in [3.05, 3.63) is 50.9 Å². The van der Waals surface area contributed by atoms with Gasteiger partial charge in [0.1, 0.15) is 6.54 Å². The van der Waals surface area contributed by atoms with Crippen LogP contribution in [0.2, 0.25) is 0 Å². The van der Waals surface area contributed by atoms with Crippen molar-refractivity contribution in [3.63, 3.8) is 0 Å². The number of phenolic OH excluding ortho intramolecular Hbond substituents is 1. The number of phenols is 1. The summed E-state index contributed by atoms with van der Waals surface area (Å²) in [6.45, 7) is -0.443. The number of anilines is 1. The van der Waals surface area contributed by atoms with Gasteiger partial charge in [-0.25, -0.2) is 13.8 Å². The molecule has 0 spiro atoms. The normalized spacial score (nSPS) is 11.4. The first-order valence-electron chi connectivity index (χ1n) is 7.74. The van der Waals surface area contributed by atoms with Crippen LogP contribution >= 0.6 is 31.9 Å². The van der Waals surface area contributed by atoms with E-state index in [4.69, 9.17) is 4.74 Å². The predicted molar refractivity (Wildman–Crippen MR) is 114 cm³/mol. The molecule has 28 heavy (non-hydrogen) atoms. The number of hydrazone groups is 1. The van der Waals surface area contributed by atoms with Crippen LogP contribution < -0.4 is 14.5 Å². The van der Waals surface area contributed by atoms with Crippen LogP contribution in [0.5, 0.6) is 11.5 Å². The number of para-hydroxylation sites is 1. The second-order valence-electron chi connectivity index (χ2n) is 5.57. The number of carbonyl (C=O) groups is 1. The number of aromatic hydroxyl groups is 1. The second-order valence-corrected chi connectivity index (χ2v) is 9.18. The summed E-state index contributed by atoms with van der Waals surface area (Å²) in [5.74, 6) is -0.442. The molecule has 0 saturated heterocycles. The van der Waals surface area contributed by atoms with Gasteiger partial charge in [-0.05, 0) is 61.7 Å². The number of halogens is 2. The van der Waals surface area contributed by atoms with Crippen LogP contribution in [-0.2, 0) is 14.8 Å². The minimum absolute atomic E-state index is 0.0547. The molecule has 0 aliphatic carbocycles. The zero-order chi connectivity index (χ0) is 20.9. The van der Waals surface area contributed by atoms with E-state index in [2.05, 4.69) is 42.4 Å². The molecule has 0 aliphatic heterocycles. The molecule has 2 aromatic carbocycles. The van der Waals surface area contributed by atoms with E-state index in [0.717, 1.165) is 10.6 Å². The SMILES string of the molecule is COc1cc(/C=N\NC(=O)CN(c2ccccc2Br)S(C)(=O)=O)cc(Br)c1O. The second kappa shape index (κ2) is 9.39. The summed E-state index contributed by atoms with van der Waals surface area (Å²) >= 11 is 6.47. The molecule has 0 aromatic heterocycles. The van der Waals surface area contributed by atoms with Crippen LogP contribution in [0.15, 0.2) is 50.4 Å². The van der Waals surface area contributed by atoms with Crippen molar-refractivity contribution in [3.8, 4) is 11.5 Å². The quantitative estimate of drug-likeness (QED) is 0.419. The number of methoxy groups -OCH3 is 1. The molecule has 0 aliphatic rings. The summed E-state index contributed by atoms with van der Waals surface area (Å²) in [5, 5.41) is 13.6. The maximum absolute atomic E-state index is 12.2. The average Bonchev–Trinajstić information content (AvgIpc) is 2.62. The van der Waals surface area contributed by atoms with Gasteiger partial charge in [0, 0.05) is 4.47 Å². The molecule has 0 heterocycles. The largest absolute Gasteiger partial charge is 0.503 e. The molecule has 0 atom stereocenters. The fourth-order valence-electron chi connectivity index (χ4n) is 2.20. The topological polar surface area (TPSA) is 108 Å². The Labute approximate surface area is 179 Å². The Morgan fingerprint density at radius 2 is 1.96 bits per heavy atom. The molecule has 150 valence electrons. The monoisotopic (exact) mass is 533 g/mol. The van der Waals surface area contributed by atoms with Crippen LogP contribution in [-0.4, -0.2) is 45.6 Å². The molecule has 0 bridgehead atoms. The van der Waals surface area contributed by atoms with Crippen LogP contribution in [0, 0.1) is 0 Å². The lowest BCUT2D eigenvalue weighted by atomic mass is 10.2. The van der Waals surface area contributed by atoms with Crippen molar-refractivity contribution in [2.75, 3.05) is 24.2 Å². The highest BCUT2D eigenvalue weighted by Crippen LogP contribution is 2.34. The average molecular weight is 535 g/mol. The van der Waals surface area contributed by atoms with E-state index in [1.807, 2.05) is 0 Å². The molecule has 0 saturated carbocycles. The Hall–Kier alpha value is -2.11.